The molecule has 0 aliphatic heterocycles. The van der Waals surface area contributed by atoms with Crippen LogP contribution in [0, 0.1) is 0 Å². The summed E-state index contributed by atoms with van der Waals surface area (Å²) in [5.74, 6) is 0. The van der Waals surface area contributed by atoms with E-state index in [9.17, 15) is 0 Å². The van der Waals surface area contributed by atoms with Crippen LogP contribution in [-0.4, -0.2) is 0 Å². The molecule has 0 unspecified atom stereocenters. The average Bonchev–Trinajstić information content (AvgIpc) is 1.79. The van der Waals surface area contributed by atoms with Crippen LogP contribution in [0.2, 0.25) is 0 Å². The van der Waals surface area contributed by atoms with Gasteiger partial charge < -0.3 is 96.2 Å². The molecule has 0 aromatic heterocycles. The van der Waals surface area contributed by atoms with Crippen molar-refractivity contribution in [1.82, 2.24) is 0 Å². The second-order valence-corrected chi connectivity index (χ2v) is 6.71. The van der Waals surface area contributed by atoms with Crippen molar-refractivity contribution in [2.45, 2.75) is 0 Å². The molecule has 0 saturated heterocycles. The molecule has 0 heterocycles. The Labute approximate surface area is 197 Å². The van der Waals surface area contributed by atoms with Crippen molar-refractivity contribution >= 4 is 39.1 Å². The van der Waals surface area contributed by atoms with E-state index >= 15 is 0 Å². The molecule has 0 fully saturated rings. The van der Waals surface area contributed by atoms with E-state index in [1.54, 1.807) is 0 Å². The van der Waals surface area contributed by atoms with Crippen LogP contribution < -0.4 is 73.4 Å². The molecule has 0 spiro atoms. The first-order valence-electron chi connectivity index (χ1n) is 3.65. The van der Waals surface area contributed by atoms with Crippen LogP contribution >= 0.6 is 39.1 Å². The third kappa shape index (κ3) is 3190. The second kappa shape index (κ2) is 22.8. The van der Waals surface area contributed by atoms with Crippen LogP contribution in [0.25, 0.3) is 0 Å². The Balaban J connectivity index is -0.0000000290. The number of hydrogen-bond donors (Lipinski definition) is 0. The van der Waals surface area contributed by atoms with Gasteiger partial charge in [-0.1, -0.05) is 0 Å². The Bertz CT molecular complexity index is 379. The SMILES string of the molecule is O=P([O-])([O-])[O-].O=P([O-])([O-])[O-].O=P([O-])([O-])[O-].O=P([O-])([O-])[O-].O=P([O-])([O-])[O-].[Mo+5].[Mo+5].[Mo+5]. The topological polar surface area (TPSA) is 431 Å². The van der Waals surface area contributed by atoms with Gasteiger partial charge in [-0.25, -0.2) is 0 Å². The molecule has 0 aromatic rings. The Kier molecular flexibility index (Phi) is 42.7. The summed E-state index contributed by atoms with van der Waals surface area (Å²) in [4.78, 5) is 128. The maximum atomic E-state index is 8.55. The summed E-state index contributed by atoms with van der Waals surface area (Å²) in [5, 5.41) is 0. The van der Waals surface area contributed by atoms with E-state index < -0.39 is 39.1 Å². The van der Waals surface area contributed by atoms with Crippen molar-refractivity contribution in [2.24, 2.45) is 0 Å². The zero-order valence-electron chi connectivity index (χ0n) is 11.6. The molecule has 28 heteroatoms. The zero-order valence-corrected chi connectivity index (χ0v) is 22.1. The third-order valence-corrected chi connectivity index (χ3v) is 0. The summed E-state index contributed by atoms with van der Waals surface area (Å²) in [6.07, 6.45) is 0. The number of phosphoric acid groups is 5. The number of hydrogen-bond acceptors (Lipinski definition) is 20. The Morgan fingerprint density at radius 1 is 0.250 bits per heavy atom. The van der Waals surface area contributed by atoms with Crippen molar-refractivity contribution in [3.05, 3.63) is 0 Å². The van der Waals surface area contributed by atoms with Crippen LogP contribution in [0.1, 0.15) is 0 Å². The van der Waals surface area contributed by atoms with E-state index in [0.717, 1.165) is 0 Å². The Morgan fingerprint density at radius 2 is 0.250 bits per heavy atom. The summed E-state index contributed by atoms with van der Waals surface area (Å²) in [6.45, 7) is 0. The molecule has 0 atom stereocenters. The fourth-order valence-electron chi connectivity index (χ4n) is 0. The maximum absolute atomic E-state index is 8.55. The van der Waals surface area contributed by atoms with E-state index in [1.807, 2.05) is 0 Å². The van der Waals surface area contributed by atoms with Crippen LogP contribution in [0.3, 0.4) is 0 Å². The predicted molar refractivity (Wildman–Crippen MR) is 38.0 cm³/mol. The minimum Gasteiger partial charge on any atom is -0.822 e. The van der Waals surface area contributed by atoms with Crippen molar-refractivity contribution < 1.29 is 159 Å². The molecular weight excluding hydrogens is 763 g/mol. The van der Waals surface area contributed by atoms with E-state index in [-0.39, 0.29) is 63.2 Å². The monoisotopic (exact) mass is 768 g/mol. The van der Waals surface area contributed by atoms with Crippen molar-refractivity contribution in [2.75, 3.05) is 0 Å². The molecule has 0 amide bonds. The summed E-state index contributed by atoms with van der Waals surface area (Å²) in [5.41, 5.74) is 0. The van der Waals surface area contributed by atoms with Gasteiger partial charge in [0.1, 0.15) is 0 Å². The van der Waals surface area contributed by atoms with Gasteiger partial charge in [0, 0.05) is 0 Å². The minimum atomic E-state index is -5.39. The largest absolute Gasteiger partial charge is 5.00 e. The average molecular weight is 763 g/mol. The van der Waals surface area contributed by atoms with E-state index in [2.05, 4.69) is 0 Å². The Morgan fingerprint density at radius 3 is 0.250 bits per heavy atom. The third-order valence-electron chi connectivity index (χ3n) is 0. The molecule has 0 N–H and O–H groups in total. The van der Waals surface area contributed by atoms with Gasteiger partial charge in [-0.15, -0.1) is 0 Å². The molecule has 163 valence electrons. The molecule has 0 saturated carbocycles. The first kappa shape index (κ1) is 52.5. The van der Waals surface area contributed by atoms with Crippen LogP contribution in [-0.2, 0) is 86.0 Å². The number of rotatable bonds is 0. The normalized spacial score (nSPS) is 10.5. The van der Waals surface area contributed by atoms with Crippen molar-refractivity contribution in [3.8, 4) is 0 Å². The summed E-state index contributed by atoms with van der Waals surface area (Å²) >= 11 is 0. The quantitative estimate of drug-likeness (QED) is 0.163. The van der Waals surface area contributed by atoms with Crippen LogP contribution in [0.4, 0.5) is 0 Å². The molecule has 28 heavy (non-hydrogen) atoms. The standard InChI is InChI=1S/3Mo.5H3O4P/c;;;5*1-5(2,3)4/h;;;5*(H3,1,2,3,4)/q3*+5;;;;;/p-15. The fraction of sp³-hybridized carbons (Fsp3) is 0. The van der Waals surface area contributed by atoms with Crippen molar-refractivity contribution in [1.29, 1.82) is 0 Å². The molecule has 3 radical (unpaired) electrons. The van der Waals surface area contributed by atoms with Crippen LogP contribution in [0.5, 0.6) is 0 Å². The van der Waals surface area contributed by atoms with Gasteiger partial charge in [0.2, 0.25) is 0 Å². The van der Waals surface area contributed by atoms with Gasteiger partial charge >= 0.3 is 63.2 Å². The van der Waals surface area contributed by atoms with Gasteiger partial charge in [-0.05, 0) is 0 Å². The van der Waals surface area contributed by atoms with E-state index in [4.69, 9.17) is 96.2 Å². The van der Waals surface area contributed by atoms with Crippen molar-refractivity contribution in [3.63, 3.8) is 0 Å². The molecular formula is Mo3O20P5. The zero-order chi connectivity index (χ0) is 22.5. The minimum absolute atomic E-state index is 0. The molecule has 0 bridgehead atoms. The van der Waals surface area contributed by atoms with Crippen LogP contribution in [0.15, 0.2) is 0 Å². The van der Waals surface area contributed by atoms with E-state index in [0.29, 0.717) is 0 Å². The maximum Gasteiger partial charge on any atom is 5.00 e. The predicted octanol–water partition coefficient (Wildman–Crippen LogP) is -14.1. The van der Waals surface area contributed by atoms with E-state index in [1.165, 1.54) is 0 Å². The fourth-order valence-corrected chi connectivity index (χ4v) is 0. The summed E-state index contributed by atoms with van der Waals surface area (Å²) in [7, 11) is -26.9. The second-order valence-electron chi connectivity index (χ2n) is 2.24. The summed E-state index contributed by atoms with van der Waals surface area (Å²) < 4.78 is 42.7. The molecule has 0 aliphatic rings. The molecule has 0 aliphatic carbocycles. The molecule has 0 rings (SSSR count). The van der Waals surface area contributed by atoms with Gasteiger partial charge in [0.15, 0.2) is 0 Å². The molecule has 0 aromatic carbocycles. The van der Waals surface area contributed by atoms with Gasteiger partial charge in [0.05, 0.1) is 0 Å². The molecule has 20 nitrogen and oxygen atoms in total. The van der Waals surface area contributed by atoms with Gasteiger partial charge in [-0.3, -0.25) is 0 Å². The first-order chi connectivity index (χ1) is 10.0. The smallest absolute Gasteiger partial charge is 0.822 e. The van der Waals surface area contributed by atoms with Gasteiger partial charge in [0.25, 0.3) is 0 Å². The first-order valence-corrected chi connectivity index (χ1v) is 11.0. The Hall–Kier alpha value is 2.61. The summed E-state index contributed by atoms with van der Waals surface area (Å²) in [6, 6.07) is 0. The van der Waals surface area contributed by atoms with Gasteiger partial charge in [-0.2, -0.15) is 39.1 Å².